The second kappa shape index (κ2) is 6.45. The van der Waals surface area contributed by atoms with Gasteiger partial charge in [-0.1, -0.05) is 6.92 Å². The molecule has 22 heavy (non-hydrogen) atoms. The minimum absolute atomic E-state index is 0.0366. The molecule has 0 bridgehead atoms. The first-order valence-corrected chi connectivity index (χ1v) is 8.07. The topological polar surface area (TPSA) is 112 Å². The van der Waals surface area contributed by atoms with E-state index in [-0.39, 0.29) is 17.0 Å². The normalized spacial score (nSPS) is 13.1. The van der Waals surface area contributed by atoms with Crippen molar-refractivity contribution >= 4 is 22.0 Å². The van der Waals surface area contributed by atoms with E-state index in [0.717, 1.165) is 10.4 Å². The Morgan fingerprint density at radius 3 is 2.18 bits per heavy atom. The van der Waals surface area contributed by atoms with E-state index in [1.54, 1.807) is 13.8 Å². The lowest BCUT2D eigenvalue weighted by atomic mass is 10.0. The molecular weight excluding hydrogens is 310 g/mol. The molecule has 0 amide bonds. The summed E-state index contributed by atoms with van der Waals surface area (Å²) in [5.41, 5.74) is 0.871. The molecule has 0 saturated carbocycles. The lowest BCUT2D eigenvalue weighted by molar-refractivity contribution is -0.140. The summed E-state index contributed by atoms with van der Waals surface area (Å²) in [5, 5.41) is 18.2. The second-order valence-corrected chi connectivity index (χ2v) is 6.83. The van der Waals surface area contributed by atoms with Crippen LogP contribution in [-0.4, -0.2) is 47.5 Å². The maximum Gasteiger partial charge on any atom is 0.336 e. The number of rotatable bonds is 6. The standard InChI is InChI=1S/C14H19NO6S/c1-5-15(10(4)13(16)17)22(20,21)11-6-8(2)9(3)12(7-11)14(18)19/h6-7,10H,5H2,1-4H3,(H,16,17)(H,18,19). The highest BCUT2D eigenvalue weighted by Crippen LogP contribution is 2.24. The highest BCUT2D eigenvalue weighted by atomic mass is 32.2. The van der Waals surface area contributed by atoms with Crippen LogP contribution in [0.25, 0.3) is 0 Å². The quantitative estimate of drug-likeness (QED) is 0.817. The van der Waals surface area contributed by atoms with E-state index in [2.05, 4.69) is 0 Å². The molecule has 0 spiro atoms. The first-order chi connectivity index (χ1) is 10.0. The van der Waals surface area contributed by atoms with Crippen molar-refractivity contribution in [2.75, 3.05) is 6.54 Å². The Morgan fingerprint density at radius 2 is 1.77 bits per heavy atom. The molecule has 0 fully saturated rings. The van der Waals surface area contributed by atoms with Crippen molar-refractivity contribution in [3.63, 3.8) is 0 Å². The van der Waals surface area contributed by atoms with Gasteiger partial charge in [0.05, 0.1) is 10.5 Å². The summed E-state index contributed by atoms with van der Waals surface area (Å²) >= 11 is 0. The summed E-state index contributed by atoms with van der Waals surface area (Å²) in [6, 6.07) is 1.18. The minimum atomic E-state index is -4.10. The number of carbonyl (C=O) groups is 2. The summed E-state index contributed by atoms with van der Waals surface area (Å²) in [7, 11) is -4.10. The molecule has 1 rings (SSSR count). The Hall–Kier alpha value is -1.93. The van der Waals surface area contributed by atoms with Crippen molar-refractivity contribution in [3.8, 4) is 0 Å². The summed E-state index contributed by atoms with van der Waals surface area (Å²) in [5.74, 6) is -2.50. The summed E-state index contributed by atoms with van der Waals surface area (Å²) in [6.45, 7) is 5.95. The van der Waals surface area contributed by atoms with Gasteiger partial charge in [-0.05, 0) is 44.0 Å². The zero-order valence-electron chi connectivity index (χ0n) is 12.8. The zero-order valence-corrected chi connectivity index (χ0v) is 13.6. The third-order valence-corrected chi connectivity index (χ3v) is 5.60. The van der Waals surface area contributed by atoms with Crippen molar-refractivity contribution in [3.05, 3.63) is 28.8 Å². The van der Waals surface area contributed by atoms with Gasteiger partial charge < -0.3 is 10.2 Å². The number of carboxylic acids is 2. The first-order valence-electron chi connectivity index (χ1n) is 6.63. The van der Waals surface area contributed by atoms with Crippen LogP contribution in [0.2, 0.25) is 0 Å². The Morgan fingerprint density at radius 1 is 1.23 bits per heavy atom. The fraction of sp³-hybridized carbons (Fsp3) is 0.429. The molecule has 0 radical (unpaired) electrons. The SMILES string of the molecule is CCN(C(C)C(=O)O)S(=O)(=O)c1cc(C)c(C)c(C(=O)O)c1. The highest BCUT2D eigenvalue weighted by molar-refractivity contribution is 7.89. The van der Waals surface area contributed by atoms with Crippen LogP contribution in [0.4, 0.5) is 0 Å². The molecule has 122 valence electrons. The smallest absolute Gasteiger partial charge is 0.336 e. The maximum atomic E-state index is 12.6. The van der Waals surface area contributed by atoms with Gasteiger partial charge in [0.15, 0.2) is 0 Å². The highest BCUT2D eigenvalue weighted by Gasteiger charge is 2.32. The molecule has 1 unspecified atom stereocenters. The van der Waals surface area contributed by atoms with Crippen LogP contribution in [0.15, 0.2) is 17.0 Å². The second-order valence-electron chi connectivity index (χ2n) is 4.94. The van der Waals surface area contributed by atoms with Gasteiger partial charge >= 0.3 is 11.9 Å². The molecular formula is C14H19NO6S. The number of benzene rings is 1. The minimum Gasteiger partial charge on any atom is -0.480 e. The molecule has 2 N–H and O–H groups in total. The van der Waals surface area contributed by atoms with E-state index in [1.165, 1.54) is 19.9 Å². The summed E-state index contributed by atoms with van der Waals surface area (Å²) in [4.78, 5) is 22.1. The van der Waals surface area contributed by atoms with E-state index < -0.39 is 28.0 Å². The zero-order chi connectivity index (χ0) is 17.2. The van der Waals surface area contributed by atoms with Crippen molar-refractivity contribution in [1.82, 2.24) is 4.31 Å². The number of hydrogen-bond donors (Lipinski definition) is 2. The van der Waals surface area contributed by atoms with E-state index >= 15 is 0 Å². The lowest BCUT2D eigenvalue weighted by Crippen LogP contribution is -2.43. The Kier molecular flexibility index (Phi) is 5.31. The summed E-state index contributed by atoms with van der Waals surface area (Å²) in [6.07, 6.45) is 0. The van der Waals surface area contributed by atoms with Gasteiger partial charge in [0, 0.05) is 6.54 Å². The van der Waals surface area contributed by atoms with Crippen LogP contribution < -0.4 is 0 Å². The molecule has 0 saturated heterocycles. The Labute approximate surface area is 129 Å². The number of hydrogen-bond acceptors (Lipinski definition) is 4. The van der Waals surface area contributed by atoms with Crippen LogP contribution in [0.1, 0.15) is 35.3 Å². The van der Waals surface area contributed by atoms with E-state index in [9.17, 15) is 23.1 Å². The average Bonchev–Trinajstić information content (AvgIpc) is 2.41. The van der Waals surface area contributed by atoms with Crippen LogP contribution in [0.3, 0.4) is 0 Å². The van der Waals surface area contributed by atoms with Gasteiger partial charge in [-0.3, -0.25) is 4.79 Å². The Balaban J connectivity index is 3.52. The monoisotopic (exact) mass is 329 g/mol. The number of aromatic carboxylic acids is 1. The van der Waals surface area contributed by atoms with E-state index in [4.69, 9.17) is 5.11 Å². The number of sulfonamides is 1. The lowest BCUT2D eigenvalue weighted by Gasteiger charge is -2.24. The summed E-state index contributed by atoms with van der Waals surface area (Å²) < 4.78 is 26.1. The molecule has 0 aliphatic carbocycles. The molecule has 1 atom stereocenters. The Bertz CT molecular complexity index is 710. The molecule has 1 aromatic carbocycles. The molecule has 0 aliphatic rings. The van der Waals surface area contributed by atoms with Crippen LogP contribution in [-0.2, 0) is 14.8 Å². The third kappa shape index (κ3) is 3.28. The van der Waals surface area contributed by atoms with Gasteiger partial charge in [-0.25, -0.2) is 13.2 Å². The molecule has 8 heteroatoms. The predicted molar refractivity (Wildman–Crippen MR) is 79.5 cm³/mol. The van der Waals surface area contributed by atoms with Crippen molar-refractivity contribution in [1.29, 1.82) is 0 Å². The van der Waals surface area contributed by atoms with Gasteiger partial charge in [0.2, 0.25) is 10.0 Å². The first kappa shape index (κ1) is 18.1. The fourth-order valence-corrected chi connectivity index (χ4v) is 3.82. The van der Waals surface area contributed by atoms with Crippen molar-refractivity contribution in [2.24, 2.45) is 0 Å². The number of likely N-dealkylation sites (N-methyl/N-ethyl adjacent to an activating group) is 1. The number of aryl methyl sites for hydroxylation is 1. The number of aliphatic carboxylic acids is 1. The molecule has 1 aromatic rings. The van der Waals surface area contributed by atoms with Crippen molar-refractivity contribution < 1.29 is 28.2 Å². The number of carboxylic acid groups (broad SMARTS) is 2. The fourth-order valence-electron chi connectivity index (χ4n) is 2.11. The largest absolute Gasteiger partial charge is 0.480 e. The average molecular weight is 329 g/mol. The molecule has 0 aliphatic heterocycles. The van der Waals surface area contributed by atoms with Gasteiger partial charge in [-0.15, -0.1) is 0 Å². The maximum absolute atomic E-state index is 12.6. The van der Waals surface area contributed by atoms with E-state index in [1.807, 2.05) is 0 Å². The van der Waals surface area contributed by atoms with Crippen LogP contribution in [0.5, 0.6) is 0 Å². The molecule has 0 heterocycles. The van der Waals surface area contributed by atoms with Crippen LogP contribution in [0, 0.1) is 13.8 Å². The molecule has 0 aromatic heterocycles. The van der Waals surface area contributed by atoms with Gasteiger partial charge in [0.25, 0.3) is 0 Å². The van der Waals surface area contributed by atoms with Crippen molar-refractivity contribution in [2.45, 2.75) is 38.6 Å². The number of nitrogens with zero attached hydrogens (tertiary/aromatic N) is 1. The van der Waals surface area contributed by atoms with Crippen LogP contribution >= 0.6 is 0 Å². The van der Waals surface area contributed by atoms with Gasteiger partial charge in [0.1, 0.15) is 6.04 Å². The predicted octanol–water partition coefficient (Wildman–Crippen LogP) is 1.49. The molecule has 7 nitrogen and oxygen atoms in total. The van der Waals surface area contributed by atoms with Gasteiger partial charge in [-0.2, -0.15) is 4.31 Å². The van der Waals surface area contributed by atoms with E-state index in [0.29, 0.717) is 11.1 Å². The third-order valence-electron chi connectivity index (χ3n) is 3.58.